The Labute approximate surface area is 102 Å². The number of ketones is 1. The maximum atomic E-state index is 11.8. The lowest BCUT2D eigenvalue weighted by Crippen LogP contribution is -2.07. The summed E-state index contributed by atoms with van der Waals surface area (Å²) in [4.78, 5) is 11.8. The van der Waals surface area contributed by atoms with Gasteiger partial charge in [0.2, 0.25) is 5.78 Å². The molecule has 0 atom stereocenters. The van der Waals surface area contributed by atoms with Crippen molar-refractivity contribution in [1.29, 1.82) is 0 Å². The number of H-pyrrole nitrogens is 1. The third-order valence-corrected chi connectivity index (χ3v) is 2.87. The number of nitrogens with one attached hydrogen (secondary N) is 2. The highest BCUT2D eigenvalue weighted by Gasteiger charge is 2.27. The van der Waals surface area contributed by atoms with Gasteiger partial charge < -0.3 is 10.5 Å². The van der Waals surface area contributed by atoms with Crippen LogP contribution in [0, 0.1) is 0 Å². The first-order valence-corrected chi connectivity index (χ1v) is 5.43. The summed E-state index contributed by atoms with van der Waals surface area (Å²) in [7, 11) is 0. The highest BCUT2D eigenvalue weighted by Crippen LogP contribution is 2.25. The van der Waals surface area contributed by atoms with E-state index in [0.29, 0.717) is 17.8 Å². The number of Topliss-reactive ketones (excluding diaryl/α,β-unsaturated/α-hetero) is 1. The number of anilines is 2. The summed E-state index contributed by atoms with van der Waals surface area (Å²) in [5, 5.41) is 21.5. The minimum atomic E-state index is -0.224. The molecule has 3 rings (SSSR count). The Morgan fingerprint density at radius 3 is 3.00 bits per heavy atom. The SMILES string of the molecule is O=C1/C(=N\O)Cc2ccc(Nc3cc[nH]n3)cc21. The molecule has 0 unspecified atom stereocenters. The number of rotatable bonds is 2. The van der Waals surface area contributed by atoms with Crippen LogP contribution in [0.25, 0.3) is 0 Å². The van der Waals surface area contributed by atoms with Crippen molar-refractivity contribution in [1.82, 2.24) is 10.2 Å². The Morgan fingerprint density at radius 1 is 1.39 bits per heavy atom. The molecule has 0 amide bonds. The van der Waals surface area contributed by atoms with Crippen molar-refractivity contribution in [2.24, 2.45) is 5.16 Å². The highest BCUT2D eigenvalue weighted by atomic mass is 16.4. The molecule has 0 radical (unpaired) electrons. The molecule has 0 saturated heterocycles. The molecular formula is C12H10N4O2. The molecule has 0 fully saturated rings. The van der Waals surface area contributed by atoms with Gasteiger partial charge in [-0.25, -0.2) is 0 Å². The van der Waals surface area contributed by atoms with Crippen molar-refractivity contribution in [2.75, 3.05) is 5.32 Å². The number of carbonyl (C=O) groups is 1. The maximum absolute atomic E-state index is 11.8. The first-order valence-electron chi connectivity index (χ1n) is 5.43. The standard InChI is InChI=1S/C12H10N4O2/c17-12-9-6-8(14-11-3-4-13-15-11)2-1-7(9)5-10(12)16-18/h1-4,6,18H,5H2,(H2,13,14,15)/b16-10-. The van der Waals surface area contributed by atoms with E-state index in [4.69, 9.17) is 5.21 Å². The highest BCUT2D eigenvalue weighted by molar-refractivity contribution is 6.49. The van der Waals surface area contributed by atoms with Crippen LogP contribution in [0.2, 0.25) is 0 Å². The number of benzene rings is 1. The minimum Gasteiger partial charge on any atom is -0.411 e. The van der Waals surface area contributed by atoms with Gasteiger partial charge >= 0.3 is 0 Å². The molecule has 1 aromatic heterocycles. The molecule has 3 N–H and O–H groups in total. The zero-order valence-corrected chi connectivity index (χ0v) is 9.34. The number of carbonyl (C=O) groups excluding carboxylic acids is 1. The predicted octanol–water partition coefficient (Wildman–Crippen LogP) is 1.72. The third-order valence-electron chi connectivity index (χ3n) is 2.87. The molecule has 6 heteroatoms. The van der Waals surface area contributed by atoms with E-state index in [1.165, 1.54) is 0 Å². The summed E-state index contributed by atoms with van der Waals surface area (Å²) < 4.78 is 0. The van der Waals surface area contributed by atoms with E-state index in [-0.39, 0.29) is 11.5 Å². The van der Waals surface area contributed by atoms with Crippen LogP contribution in [0.1, 0.15) is 15.9 Å². The van der Waals surface area contributed by atoms with Crippen molar-refractivity contribution in [3.05, 3.63) is 41.6 Å². The van der Waals surface area contributed by atoms with Crippen LogP contribution in [0.5, 0.6) is 0 Å². The maximum Gasteiger partial charge on any atom is 0.211 e. The Balaban J connectivity index is 1.93. The molecule has 18 heavy (non-hydrogen) atoms. The summed E-state index contributed by atoms with van der Waals surface area (Å²) in [6.45, 7) is 0. The van der Waals surface area contributed by atoms with Crippen LogP contribution in [0.15, 0.2) is 35.6 Å². The second kappa shape index (κ2) is 3.99. The Hall–Kier alpha value is -2.63. The van der Waals surface area contributed by atoms with E-state index in [2.05, 4.69) is 20.7 Å². The first kappa shape index (κ1) is 10.5. The molecule has 1 aliphatic rings. The lowest BCUT2D eigenvalue weighted by atomic mass is 10.1. The summed E-state index contributed by atoms with van der Waals surface area (Å²) in [5.41, 5.74) is 2.40. The summed E-state index contributed by atoms with van der Waals surface area (Å²) in [6.07, 6.45) is 2.09. The molecule has 1 aromatic carbocycles. The Kier molecular flexibility index (Phi) is 2.33. The van der Waals surface area contributed by atoms with Gasteiger partial charge in [-0.2, -0.15) is 5.10 Å². The lowest BCUT2D eigenvalue weighted by Gasteiger charge is -2.04. The second-order valence-corrected chi connectivity index (χ2v) is 4.01. The average molecular weight is 242 g/mol. The first-order chi connectivity index (χ1) is 8.78. The molecule has 0 bridgehead atoms. The fraction of sp³-hybridized carbons (Fsp3) is 0.0833. The number of hydrogen-bond acceptors (Lipinski definition) is 5. The number of oxime groups is 1. The molecule has 0 aliphatic heterocycles. The van der Waals surface area contributed by atoms with Crippen LogP contribution >= 0.6 is 0 Å². The van der Waals surface area contributed by atoms with Gasteiger partial charge in [0, 0.05) is 29.9 Å². The van der Waals surface area contributed by atoms with Crippen molar-refractivity contribution in [2.45, 2.75) is 6.42 Å². The van der Waals surface area contributed by atoms with Crippen molar-refractivity contribution < 1.29 is 10.0 Å². The van der Waals surface area contributed by atoms with E-state index in [0.717, 1.165) is 11.3 Å². The van der Waals surface area contributed by atoms with Crippen LogP contribution in [-0.2, 0) is 6.42 Å². The molecule has 1 aliphatic carbocycles. The smallest absolute Gasteiger partial charge is 0.211 e. The van der Waals surface area contributed by atoms with Crippen LogP contribution in [0.4, 0.5) is 11.5 Å². The van der Waals surface area contributed by atoms with Crippen molar-refractivity contribution >= 4 is 23.0 Å². The molecular weight excluding hydrogens is 232 g/mol. The minimum absolute atomic E-state index is 0.182. The number of nitrogens with zero attached hydrogens (tertiary/aromatic N) is 2. The number of fused-ring (bicyclic) bond motifs is 1. The quantitative estimate of drug-likeness (QED) is 0.552. The Bertz CT molecular complexity index is 632. The van der Waals surface area contributed by atoms with Gasteiger partial charge in [-0.15, -0.1) is 0 Å². The van der Waals surface area contributed by atoms with Crippen molar-refractivity contribution in [3.63, 3.8) is 0 Å². The number of hydrogen-bond donors (Lipinski definition) is 3. The molecule has 6 nitrogen and oxygen atoms in total. The molecule has 0 spiro atoms. The topological polar surface area (TPSA) is 90.4 Å². The lowest BCUT2D eigenvalue weighted by molar-refractivity contribution is 0.106. The van der Waals surface area contributed by atoms with Gasteiger partial charge in [0.05, 0.1) is 0 Å². The van der Waals surface area contributed by atoms with Gasteiger partial charge in [-0.1, -0.05) is 11.2 Å². The van der Waals surface area contributed by atoms with Gasteiger partial charge in [0.1, 0.15) is 5.71 Å². The molecule has 2 aromatic rings. The summed E-state index contributed by atoms with van der Waals surface area (Å²) >= 11 is 0. The summed E-state index contributed by atoms with van der Waals surface area (Å²) in [5.74, 6) is 0.453. The number of aromatic nitrogens is 2. The van der Waals surface area contributed by atoms with Gasteiger partial charge in [0.15, 0.2) is 5.82 Å². The fourth-order valence-electron chi connectivity index (χ4n) is 1.99. The second-order valence-electron chi connectivity index (χ2n) is 4.01. The largest absolute Gasteiger partial charge is 0.411 e. The molecule has 0 saturated carbocycles. The van der Waals surface area contributed by atoms with E-state index >= 15 is 0 Å². The number of aromatic amines is 1. The molecule has 1 heterocycles. The monoisotopic (exact) mass is 242 g/mol. The van der Waals surface area contributed by atoms with E-state index in [1.54, 1.807) is 18.3 Å². The normalized spacial score (nSPS) is 16.0. The molecule has 90 valence electrons. The van der Waals surface area contributed by atoms with Crippen LogP contribution in [-0.4, -0.2) is 26.9 Å². The third kappa shape index (κ3) is 1.64. The zero-order valence-electron chi connectivity index (χ0n) is 9.34. The van der Waals surface area contributed by atoms with Gasteiger partial charge in [-0.3, -0.25) is 9.89 Å². The van der Waals surface area contributed by atoms with E-state index in [1.807, 2.05) is 12.1 Å². The van der Waals surface area contributed by atoms with E-state index in [9.17, 15) is 4.79 Å². The summed E-state index contributed by atoms with van der Waals surface area (Å²) in [6, 6.07) is 7.24. The van der Waals surface area contributed by atoms with Gasteiger partial charge in [-0.05, 0) is 17.7 Å². The van der Waals surface area contributed by atoms with E-state index < -0.39 is 0 Å². The van der Waals surface area contributed by atoms with Crippen LogP contribution in [0.3, 0.4) is 0 Å². The zero-order chi connectivity index (χ0) is 12.5. The van der Waals surface area contributed by atoms with Crippen molar-refractivity contribution in [3.8, 4) is 0 Å². The predicted molar refractivity (Wildman–Crippen MR) is 65.6 cm³/mol. The average Bonchev–Trinajstić information content (AvgIpc) is 2.99. The van der Waals surface area contributed by atoms with Crippen LogP contribution < -0.4 is 5.32 Å². The fourth-order valence-corrected chi connectivity index (χ4v) is 1.99. The van der Waals surface area contributed by atoms with Gasteiger partial charge in [0.25, 0.3) is 0 Å². The Morgan fingerprint density at radius 2 is 2.28 bits per heavy atom.